The second kappa shape index (κ2) is 7.40. The summed E-state index contributed by atoms with van der Waals surface area (Å²) in [6, 6.07) is 17.0. The Labute approximate surface area is 158 Å². The van der Waals surface area contributed by atoms with E-state index in [2.05, 4.69) is 0 Å². The minimum Gasteiger partial charge on any atom is -0.497 e. The second-order valence-corrected chi connectivity index (χ2v) is 6.77. The van der Waals surface area contributed by atoms with Crippen LogP contribution in [-0.4, -0.2) is 37.0 Å². The molecule has 0 aromatic heterocycles. The molecule has 2 amide bonds. The predicted octanol–water partition coefficient (Wildman–Crippen LogP) is 2.95. The third-order valence-corrected chi connectivity index (χ3v) is 5.15. The zero-order chi connectivity index (χ0) is 18.8. The fourth-order valence-corrected chi connectivity index (χ4v) is 3.76. The van der Waals surface area contributed by atoms with Crippen molar-refractivity contribution >= 4 is 17.5 Å². The fraction of sp³-hybridized carbons (Fsp3) is 0.333. The van der Waals surface area contributed by atoms with Crippen LogP contribution in [0.3, 0.4) is 0 Å². The molecule has 0 spiro atoms. The van der Waals surface area contributed by atoms with E-state index in [1.54, 1.807) is 12.2 Å². The van der Waals surface area contributed by atoms with Crippen molar-refractivity contribution in [2.45, 2.75) is 18.9 Å². The molecule has 27 heavy (non-hydrogen) atoms. The average Bonchev–Trinajstić information content (AvgIpc) is 3.35. The van der Waals surface area contributed by atoms with Crippen molar-refractivity contribution in [1.82, 2.24) is 4.90 Å². The molecule has 0 N–H and O–H groups in total. The second-order valence-electron chi connectivity index (χ2n) is 6.77. The van der Waals surface area contributed by atoms with Gasteiger partial charge < -0.3 is 4.74 Å². The third-order valence-electron chi connectivity index (χ3n) is 5.15. The van der Waals surface area contributed by atoms with Gasteiger partial charge in [0.25, 0.3) is 0 Å². The predicted molar refractivity (Wildman–Crippen MR) is 100 cm³/mol. The maximum Gasteiger partial charge on any atom is 0.237 e. The summed E-state index contributed by atoms with van der Waals surface area (Å²) in [5.74, 6) is 0.0607. The van der Waals surface area contributed by atoms with Crippen molar-refractivity contribution < 1.29 is 19.2 Å². The molecule has 2 aromatic rings. The highest BCUT2D eigenvalue weighted by molar-refractivity contribution is 5.98. The molecule has 2 aliphatic rings. The van der Waals surface area contributed by atoms with E-state index < -0.39 is 5.92 Å². The molecule has 0 saturated carbocycles. The summed E-state index contributed by atoms with van der Waals surface area (Å²) in [5.41, 5.74) is 1.82. The van der Waals surface area contributed by atoms with Crippen molar-refractivity contribution in [2.75, 3.05) is 25.3 Å². The number of carbonyl (C=O) groups is 2. The number of rotatable bonds is 4. The van der Waals surface area contributed by atoms with Crippen molar-refractivity contribution in [1.29, 1.82) is 0 Å². The van der Waals surface area contributed by atoms with Crippen LogP contribution in [0.4, 0.5) is 5.69 Å². The lowest BCUT2D eigenvalue weighted by molar-refractivity contribution is -0.144. The Morgan fingerprint density at radius 2 is 1.85 bits per heavy atom. The summed E-state index contributed by atoms with van der Waals surface area (Å²) in [6.07, 6.45) is 1.17. The van der Waals surface area contributed by atoms with E-state index in [0.29, 0.717) is 13.0 Å². The van der Waals surface area contributed by atoms with E-state index in [4.69, 9.17) is 9.57 Å². The summed E-state index contributed by atoms with van der Waals surface area (Å²) < 4.78 is 5.25. The summed E-state index contributed by atoms with van der Waals surface area (Å²) in [6.45, 7) is 0.739. The van der Waals surface area contributed by atoms with Crippen LogP contribution in [0, 0.1) is 5.92 Å². The van der Waals surface area contributed by atoms with Gasteiger partial charge in [-0.2, -0.15) is 0 Å². The number of benzene rings is 2. The number of carbonyl (C=O) groups excluding carboxylic acids is 2. The number of imide groups is 1. The van der Waals surface area contributed by atoms with E-state index in [1.807, 2.05) is 54.6 Å². The topological polar surface area (TPSA) is 59.1 Å². The van der Waals surface area contributed by atoms with Gasteiger partial charge in [-0.15, -0.1) is 0 Å². The van der Waals surface area contributed by atoms with Gasteiger partial charge >= 0.3 is 0 Å². The van der Waals surface area contributed by atoms with Crippen molar-refractivity contribution in [3.05, 3.63) is 60.2 Å². The van der Waals surface area contributed by atoms with Gasteiger partial charge in [-0.3, -0.25) is 19.3 Å². The van der Waals surface area contributed by atoms with E-state index in [-0.39, 0.29) is 24.5 Å². The maximum absolute atomic E-state index is 13.1. The fourth-order valence-electron chi connectivity index (χ4n) is 3.76. The Morgan fingerprint density at radius 1 is 1.11 bits per heavy atom. The molecule has 2 saturated heterocycles. The number of anilines is 1. The van der Waals surface area contributed by atoms with E-state index >= 15 is 0 Å². The lowest BCUT2D eigenvalue weighted by Gasteiger charge is -2.28. The summed E-state index contributed by atoms with van der Waals surface area (Å²) in [5, 5.41) is 1.78. The largest absolute Gasteiger partial charge is 0.497 e. The van der Waals surface area contributed by atoms with Crippen LogP contribution >= 0.6 is 0 Å². The van der Waals surface area contributed by atoms with Crippen LogP contribution in [0.2, 0.25) is 0 Å². The molecule has 0 unspecified atom stereocenters. The summed E-state index contributed by atoms with van der Waals surface area (Å²) in [4.78, 5) is 32.5. The zero-order valence-electron chi connectivity index (χ0n) is 15.2. The minimum absolute atomic E-state index is 0.0911. The van der Waals surface area contributed by atoms with Gasteiger partial charge in [0.2, 0.25) is 11.8 Å². The molecule has 0 aliphatic carbocycles. The van der Waals surface area contributed by atoms with Gasteiger partial charge in [0.1, 0.15) is 5.75 Å². The number of amides is 2. The normalized spacial score (nSPS) is 22.3. The highest BCUT2D eigenvalue weighted by atomic mass is 16.7. The van der Waals surface area contributed by atoms with Gasteiger partial charge in [-0.05, 0) is 36.2 Å². The Bertz CT molecular complexity index is 822. The molecule has 2 aromatic carbocycles. The Balaban J connectivity index is 1.69. The van der Waals surface area contributed by atoms with Crippen LogP contribution in [-0.2, 0) is 14.4 Å². The zero-order valence-corrected chi connectivity index (χ0v) is 15.2. The first-order valence-corrected chi connectivity index (χ1v) is 9.14. The number of ether oxygens (including phenoxy) is 1. The molecule has 2 heterocycles. The molecule has 140 valence electrons. The van der Waals surface area contributed by atoms with Crippen LogP contribution in [0.15, 0.2) is 54.6 Å². The summed E-state index contributed by atoms with van der Waals surface area (Å²) >= 11 is 0. The maximum atomic E-state index is 13.1. The molecule has 2 aliphatic heterocycles. The van der Waals surface area contributed by atoms with E-state index in [9.17, 15) is 9.59 Å². The molecule has 6 heteroatoms. The quantitative estimate of drug-likeness (QED) is 0.779. The Kier molecular flexibility index (Phi) is 4.81. The van der Waals surface area contributed by atoms with Crippen LogP contribution in [0.5, 0.6) is 5.75 Å². The molecule has 4 rings (SSSR count). The number of nitrogens with zero attached hydrogens (tertiary/aromatic N) is 2. The van der Waals surface area contributed by atoms with Crippen molar-refractivity contribution in [3.63, 3.8) is 0 Å². The molecular formula is C21H22N2O4. The van der Waals surface area contributed by atoms with Crippen molar-refractivity contribution in [3.8, 4) is 5.75 Å². The number of hydrogen-bond acceptors (Lipinski definition) is 5. The van der Waals surface area contributed by atoms with E-state index in [1.165, 1.54) is 4.90 Å². The van der Waals surface area contributed by atoms with Gasteiger partial charge in [0.05, 0.1) is 31.4 Å². The van der Waals surface area contributed by atoms with Crippen LogP contribution in [0.25, 0.3) is 0 Å². The van der Waals surface area contributed by atoms with Gasteiger partial charge in [0, 0.05) is 13.0 Å². The molecule has 2 fully saturated rings. The third kappa shape index (κ3) is 3.28. The van der Waals surface area contributed by atoms with Gasteiger partial charge in [-0.25, -0.2) is 5.06 Å². The molecular weight excluding hydrogens is 344 g/mol. The number of hydrogen-bond donors (Lipinski definition) is 0. The number of likely N-dealkylation sites (tertiary alicyclic amines) is 1. The average molecular weight is 366 g/mol. The Hall–Kier alpha value is -2.86. The summed E-state index contributed by atoms with van der Waals surface area (Å²) in [7, 11) is 1.62. The van der Waals surface area contributed by atoms with Gasteiger partial charge in [0.15, 0.2) is 0 Å². The molecule has 6 nitrogen and oxygen atoms in total. The Morgan fingerprint density at radius 3 is 2.48 bits per heavy atom. The highest BCUT2D eigenvalue weighted by Crippen LogP contribution is 2.40. The SMILES string of the molecule is COc1ccc([C@@H]2[C@@H](C(=O)N3CCCC3=O)CON2c2ccccc2)cc1. The lowest BCUT2D eigenvalue weighted by atomic mass is 9.92. The van der Waals surface area contributed by atoms with Crippen molar-refractivity contribution in [2.24, 2.45) is 5.92 Å². The van der Waals surface area contributed by atoms with Gasteiger partial charge in [-0.1, -0.05) is 30.3 Å². The lowest BCUT2D eigenvalue weighted by Crippen LogP contribution is -2.40. The first kappa shape index (κ1) is 17.5. The molecule has 2 atom stereocenters. The number of hydroxylamine groups is 1. The number of para-hydroxylation sites is 1. The highest BCUT2D eigenvalue weighted by Gasteiger charge is 2.45. The minimum atomic E-state index is -0.444. The standard InChI is InChI=1S/C21H22N2O4/c1-26-17-11-9-15(10-12-17)20-18(21(25)22-13-5-8-19(22)24)14-27-23(20)16-6-3-2-4-7-16/h2-4,6-7,9-12,18,20H,5,8,13-14H2,1H3/t18-,20+/m0/s1. The molecule has 0 bridgehead atoms. The first-order chi connectivity index (χ1) is 13.2. The van der Waals surface area contributed by atoms with Crippen LogP contribution in [0.1, 0.15) is 24.4 Å². The monoisotopic (exact) mass is 366 g/mol. The van der Waals surface area contributed by atoms with Crippen LogP contribution < -0.4 is 9.80 Å². The van der Waals surface area contributed by atoms with E-state index in [0.717, 1.165) is 23.4 Å². The first-order valence-electron chi connectivity index (χ1n) is 9.14. The number of methoxy groups -OCH3 is 1. The molecule has 0 radical (unpaired) electrons. The smallest absolute Gasteiger partial charge is 0.237 e.